The van der Waals surface area contributed by atoms with Gasteiger partial charge in [-0.05, 0) is 12.3 Å². The third-order valence-electron chi connectivity index (χ3n) is 2.11. The van der Waals surface area contributed by atoms with Crippen LogP contribution < -0.4 is 5.32 Å². The third-order valence-corrected chi connectivity index (χ3v) is 2.11. The van der Waals surface area contributed by atoms with Crippen molar-refractivity contribution in [3.8, 4) is 0 Å². The highest BCUT2D eigenvalue weighted by molar-refractivity contribution is 4.93. The monoisotopic (exact) mass is 197 g/mol. The summed E-state index contributed by atoms with van der Waals surface area (Å²) in [5, 5.41) is 12.4. The molecule has 0 bridgehead atoms. The molecule has 0 amide bonds. The first-order chi connectivity index (χ1) is 6.72. The Labute approximate surface area is 84.8 Å². The molecule has 1 unspecified atom stereocenters. The van der Waals surface area contributed by atoms with Crippen LogP contribution in [0.1, 0.15) is 26.0 Å². The van der Waals surface area contributed by atoms with E-state index >= 15 is 0 Å². The molecule has 1 aromatic heterocycles. The highest BCUT2D eigenvalue weighted by atomic mass is 16.3. The summed E-state index contributed by atoms with van der Waals surface area (Å²) >= 11 is 0. The van der Waals surface area contributed by atoms with Crippen molar-refractivity contribution in [1.82, 2.24) is 15.3 Å². The van der Waals surface area contributed by atoms with Crippen molar-refractivity contribution < 1.29 is 5.11 Å². The molecule has 4 heteroatoms. The minimum atomic E-state index is 0.179. The Morgan fingerprint density at radius 2 is 2.36 bits per heavy atom. The van der Waals surface area contributed by atoms with Crippen molar-refractivity contribution in [2.24, 2.45) is 5.92 Å². The van der Waals surface area contributed by atoms with Crippen molar-refractivity contribution in [2.75, 3.05) is 6.61 Å². The van der Waals surface area contributed by atoms with Crippen molar-refractivity contribution in [3.05, 3.63) is 18.2 Å². The SMILES string of the molecule is CC(C)CC(CO)NCc1cnc[nH]1. The van der Waals surface area contributed by atoms with E-state index in [0.29, 0.717) is 5.92 Å². The second-order valence-electron chi connectivity index (χ2n) is 3.97. The Kier molecular flexibility index (Phi) is 4.62. The zero-order chi connectivity index (χ0) is 10.4. The lowest BCUT2D eigenvalue weighted by Crippen LogP contribution is -2.33. The summed E-state index contributed by atoms with van der Waals surface area (Å²) in [6.07, 6.45) is 4.44. The fourth-order valence-electron chi connectivity index (χ4n) is 1.43. The topological polar surface area (TPSA) is 60.9 Å². The van der Waals surface area contributed by atoms with E-state index in [2.05, 4.69) is 29.1 Å². The number of nitrogens with one attached hydrogen (secondary N) is 2. The molecule has 0 fully saturated rings. The predicted molar refractivity (Wildman–Crippen MR) is 55.8 cm³/mol. The van der Waals surface area contributed by atoms with Gasteiger partial charge in [-0.2, -0.15) is 0 Å². The predicted octanol–water partition coefficient (Wildman–Crippen LogP) is 0.906. The molecule has 3 N–H and O–H groups in total. The average Bonchev–Trinajstić information content (AvgIpc) is 2.64. The third kappa shape index (κ3) is 3.89. The van der Waals surface area contributed by atoms with Crippen molar-refractivity contribution in [2.45, 2.75) is 32.9 Å². The van der Waals surface area contributed by atoms with Crippen molar-refractivity contribution in [3.63, 3.8) is 0 Å². The molecule has 0 saturated heterocycles. The number of hydrogen-bond donors (Lipinski definition) is 3. The largest absolute Gasteiger partial charge is 0.395 e. The number of rotatable bonds is 6. The number of aliphatic hydroxyl groups excluding tert-OH is 1. The summed E-state index contributed by atoms with van der Waals surface area (Å²) in [5.74, 6) is 0.599. The van der Waals surface area contributed by atoms with Crippen LogP contribution in [-0.2, 0) is 6.54 Å². The molecule has 0 saturated carbocycles. The van der Waals surface area contributed by atoms with Crippen molar-refractivity contribution >= 4 is 0 Å². The van der Waals surface area contributed by atoms with Gasteiger partial charge in [0.15, 0.2) is 0 Å². The number of aromatic amines is 1. The molecule has 1 rings (SSSR count). The van der Waals surface area contributed by atoms with Gasteiger partial charge in [0, 0.05) is 24.5 Å². The van der Waals surface area contributed by atoms with Crippen LogP contribution in [0.4, 0.5) is 0 Å². The summed E-state index contributed by atoms with van der Waals surface area (Å²) in [5.41, 5.74) is 1.05. The number of hydrogen-bond acceptors (Lipinski definition) is 3. The lowest BCUT2D eigenvalue weighted by molar-refractivity contribution is 0.223. The van der Waals surface area contributed by atoms with Gasteiger partial charge in [-0.15, -0.1) is 0 Å². The van der Waals surface area contributed by atoms with Crippen LogP contribution in [0.5, 0.6) is 0 Å². The Bertz CT molecular complexity index is 234. The minimum absolute atomic E-state index is 0.179. The fraction of sp³-hybridized carbons (Fsp3) is 0.700. The van der Waals surface area contributed by atoms with E-state index in [1.165, 1.54) is 0 Å². The first-order valence-electron chi connectivity index (χ1n) is 5.04. The average molecular weight is 197 g/mol. The molecule has 4 nitrogen and oxygen atoms in total. The minimum Gasteiger partial charge on any atom is -0.395 e. The Balaban J connectivity index is 2.27. The van der Waals surface area contributed by atoms with Gasteiger partial charge in [0.05, 0.1) is 12.9 Å². The fourth-order valence-corrected chi connectivity index (χ4v) is 1.43. The lowest BCUT2D eigenvalue weighted by Gasteiger charge is -2.17. The number of nitrogens with zero attached hydrogens (tertiary/aromatic N) is 1. The maximum Gasteiger partial charge on any atom is 0.0922 e. The van der Waals surface area contributed by atoms with Crippen LogP contribution in [0.2, 0.25) is 0 Å². The summed E-state index contributed by atoms with van der Waals surface area (Å²) in [7, 11) is 0. The van der Waals surface area contributed by atoms with Crippen LogP contribution in [0.15, 0.2) is 12.5 Å². The van der Waals surface area contributed by atoms with Crippen molar-refractivity contribution in [1.29, 1.82) is 0 Å². The van der Waals surface area contributed by atoms with Crippen LogP contribution in [-0.4, -0.2) is 27.7 Å². The van der Waals surface area contributed by atoms with E-state index in [4.69, 9.17) is 5.11 Å². The molecule has 1 atom stereocenters. The molecule has 14 heavy (non-hydrogen) atoms. The zero-order valence-electron chi connectivity index (χ0n) is 8.83. The Morgan fingerprint density at radius 3 is 2.86 bits per heavy atom. The zero-order valence-corrected chi connectivity index (χ0v) is 8.83. The maximum absolute atomic E-state index is 9.12. The molecular formula is C10H19N3O. The second-order valence-corrected chi connectivity index (χ2v) is 3.97. The summed E-state index contributed by atoms with van der Waals surface area (Å²) in [6.45, 7) is 5.23. The van der Waals surface area contributed by atoms with Crippen LogP contribution >= 0.6 is 0 Å². The number of imidazole rings is 1. The van der Waals surface area contributed by atoms with Crippen LogP contribution in [0, 0.1) is 5.92 Å². The molecule has 0 aromatic carbocycles. The highest BCUT2D eigenvalue weighted by Gasteiger charge is 2.08. The molecule has 80 valence electrons. The number of H-pyrrole nitrogens is 1. The number of aliphatic hydroxyl groups is 1. The van der Waals surface area contributed by atoms with Crippen LogP contribution in [0.25, 0.3) is 0 Å². The van der Waals surface area contributed by atoms with E-state index in [9.17, 15) is 0 Å². The first kappa shape index (κ1) is 11.2. The quantitative estimate of drug-likeness (QED) is 0.635. The van der Waals surface area contributed by atoms with E-state index in [-0.39, 0.29) is 12.6 Å². The van der Waals surface area contributed by atoms with E-state index in [1.807, 2.05) is 0 Å². The molecular weight excluding hydrogens is 178 g/mol. The molecule has 0 aliphatic heterocycles. The van der Waals surface area contributed by atoms with E-state index in [1.54, 1.807) is 12.5 Å². The molecule has 1 heterocycles. The molecule has 0 radical (unpaired) electrons. The highest BCUT2D eigenvalue weighted by Crippen LogP contribution is 2.04. The molecule has 0 aliphatic carbocycles. The Morgan fingerprint density at radius 1 is 1.57 bits per heavy atom. The first-order valence-corrected chi connectivity index (χ1v) is 5.04. The van der Waals surface area contributed by atoms with Gasteiger partial charge < -0.3 is 15.4 Å². The lowest BCUT2D eigenvalue weighted by atomic mass is 10.0. The summed E-state index contributed by atoms with van der Waals surface area (Å²) < 4.78 is 0. The van der Waals surface area contributed by atoms with Gasteiger partial charge in [-0.25, -0.2) is 4.98 Å². The van der Waals surface area contributed by atoms with Gasteiger partial charge in [0.1, 0.15) is 0 Å². The normalized spacial score (nSPS) is 13.4. The van der Waals surface area contributed by atoms with Gasteiger partial charge >= 0.3 is 0 Å². The van der Waals surface area contributed by atoms with Gasteiger partial charge in [-0.1, -0.05) is 13.8 Å². The number of aromatic nitrogens is 2. The summed E-state index contributed by atoms with van der Waals surface area (Å²) in [6, 6.07) is 0.179. The smallest absolute Gasteiger partial charge is 0.0922 e. The second kappa shape index (κ2) is 5.78. The van der Waals surface area contributed by atoms with Gasteiger partial charge in [0.2, 0.25) is 0 Å². The maximum atomic E-state index is 9.12. The van der Waals surface area contributed by atoms with Crippen LogP contribution in [0.3, 0.4) is 0 Å². The molecule has 1 aromatic rings. The van der Waals surface area contributed by atoms with Gasteiger partial charge in [0.25, 0.3) is 0 Å². The molecule has 0 spiro atoms. The van der Waals surface area contributed by atoms with E-state index in [0.717, 1.165) is 18.7 Å². The van der Waals surface area contributed by atoms with Gasteiger partial charge in [-0.3, -0.25) is 0 Å². The summed E-state index contributed by atoms with van der Waals surface area (Å²) in [4.78, 5) is 6.94. The molecule has 0 aliphatic rings. The standard InChI is InChI=1S/C10H19N3O/c1-8(2)3-9(6-14)12-5-10-4-11-7-13-10/h4,7-9,12,14H,3,5-6H2,1-2H3,(H,11,13). The van der Waals surface area contributed by atoms with E-state index < -0.39 is 0 Å². The Hall–Kier alpha value is -0.870.